The normalized spacial score (nSPS) is 17.3. The maximum absolute atomic E-state index is 13.1. The number of anilines is 1. The van der Waals surface area contributed by atoms with Crippen molar-refractivity contribution in [1.82, 2.24) is 20.1 Å². The van der Waals surface area contributed by atoms with Gasteiger partial charge in [0.15, 0.2) is 0 Å². The Hall–Kier alpha value is -3.23. The number of amides is 4. The van der Waals surface area contributed by atoms with Gasteiger partial charge in [-0.05, 0) is 37.8 Å². The van der Waals surface area contributed by atoms with Crippen LogP contribution in [0.5, 0.6) is 0 Å². The van der Waals surface area contributed by atoms with E-state index in [0.29, 0.717) is 30.6 Å². The Morgan fingerprint density at radius 3 is 2.58 bits per heavy atom. The first-order valence-electron chi connectivity index (χ1n) is 10.4. The van der Waals surface area contributed by atoms with Gasteiger partial charge in [0, 0.05) is 37.2 Å². The van der Waals surface area contributed by atoms with Crippen LogP contribution in [0.2, 0.25) is 0 Å². The highest BCUT2D eigenvalue weighted by Crippen LogP contribution is 2.22. The predicted molar refractivity (Wildman–Crippen MR) is 117 cm³/mol. The number of likely N-dealkylation sites (N-methyl/N-ethyl adjacent to an activating group) is 1. The largest absolute Gasteiger partial charge is 0.350 e. The molecule has 2 atom stereocenters. The molecule has 2 heterocycles. The van der Waals surface area contributed by atoms with Gasteiger partial charge in [0.2, 0.25) is 24.1 Å². The van der Waals surface area contributed by atoms with Crippen LogP contribution in [0.4, 0.5) is 5.69 Å². The molecule has 9 nitrogen and oxygen atoms in total. The number of hydrogen-bond donors (Lipinski definition) is 2. The Labute approximate surface area is 182 Å². The number of aromatic nitrogens is 1. The molecule has 1 saturated heterocycles. The summed E-state index contributed by atoms with van der Waals surface area (Å²) in [5.41, 5.74) is 1.11. The van der Waals surface area contributed by atoms with E-state index < -0.39 is 6.04 Å². The smallest absolute Gasteiger partial charge is 0.249 e. The molecule has 0 saturated carbocycles. The minimum atomic E-state index is -0.544. The minimum Gasteiger partial charge on any atom is -0.350 e. The van der Waals surface area contributed by atoms with Crippen molar-refractivity contribution in [3.8, 4) is 0 Å². The summed E-state index contributed by atoms with van der Waals surface area (Å²) >= 11 is 0. The molecule has 9 heteroatoms. The molecule has 0 spiro atoms. The highest BCUT2D eigenvalue weighted by Gasteiger charge is 2.35. The number of hydrogen-bond acceptors (Lipinski definition) is 5. The standard InChI is InChI=1S/C22H31N5O4/c1-15(2)19(26(4)20(29)13-24-14-28)12-16(3)22(31)27-11-5-6-18(27)21(30)25-17-7-9-23-10-8-17/h7-10,12,14-15,18-19H,5-6,11,13H2,1-4H3,(H,24,28)(H,23,25,30)/t18-,19+/m0/s1. The van der Waals surface area contributed by atoms with E-state index in [4.69, 9.17) is 0 Å². The van der Waals surface area contributed by atoms with E-state index in [2.05, 4.69) is 15.6 Å². The van der Waals surface area contributed by atoms with E-state index in [0.717, 1.165) is 6.42 Å². The fourth-order valence-corrected chi connectivity index (χ4v) is 3.67. The van der Waals surface area contributed by atoms with Crippen LogP contribution in [0.3, 0.4) is 0 Å². The fraction of sp³-hybridized carbons (Fsp3) is 0.500. The quantitative estimate of drug-likeness (QED) is 0.452. The summed E-state index contributed by atoms with van der Waals surface area (Å²) in [7, 11) is 1.65. The van der Waals surface area contributed by atoms with Crippen molar-refractivity contribution in [2.24, 2.45) is 5.92 Å². The zero-order chi connectivity index (χ0) is 23.0. The predicted octanol–water partition coefficient (Wildman–Crippen LogP) is 1.19. The first-order valence-corrected chi connectivity index (χ1v) is 10.4. The molecule has 1 aromatic heterocycles. The highest BCUT2D eigenvalue weighted by molar-refractivity contribution is 6.01. The van der Waals surface area contributed by atoms with Crippen LogP contribution >= 0.6 is 0 Å². The Kier molecular flexibility index (Phi) is 8.72. The zero-order valence-electron chi connectivity index (χ0n) is 18.5. The number of likely N-dealkylation sites (tertiary alicyclic amines) is 1. The van der Waals surface area contributed by atoms with Gasteiger partial charge in [-0.15, -0.1) is 0 Å². The molecule has 4 amide bonds. The number of carbonyl (C=O) groups is 4. The third-order valence-electron chi connectivity index (χ3n) is 5.38. The maximum atomic E-state index is 13.1. The van der Waals surface area contributed by atoms with E-state index in [1.807, 2.05) is 13.8 Å². The molecule has 0 unspecified atom stereocenters. The molecule has 0 radical (unpaired) electrons. The summed E-state index contributed by atoms with van der Waals surface area (Å²) in [6.07, 6.45) is 6.77. The third-order valence-corrected chi connectivity index (χ3v) is 5.38. The van der Waals surface area contributed by atoms with Crippen molar-refractivity contribution in [3.63, 3.8) is 0 Å². The molecular weight excluding hydrogens is 398 g/mol. The highest BCUT2D eigenvalue weighted by atomic mass is 16.2. The minimum absolute atomic E-state index is 0.0531. The molecule has 0 aromatic carbocycles. The number of nitrogens with zero attached hydrogens (tertiary/aromatic N) is 3. The van der Waals surface area contributed by atoms with Gasteiger partial charge in [-0.3, -0.25) is 24.2 Å². The second-order valence-corrected chi connectivity index (χ2v) is 7.97. The number of pyridine rings is 1. The van der Waals surface area contributed by atoms with Gasteiger partial charge in [-0.1, -0.05) is 19.9 Å². The Morgan fingerprint density at radius 1 is 1.29 bits per heavy atom. The lowest BCUT2D eigenvalue weighted by Crippen LogP contribution is -2.45. The molecule has 1 aliphatic rings. The van der Waals surface area contributed by atoms with Crippen LogP contribution in [-0.2, 0) is 19.2 Å². The molecule has 1 fully saturated rings. The Bertz CT molecular complexity index is 824. The lowest BCUT2D eigenvalue weighted by atomic mass is 9.99. The van der Waals surface area contributed by atoms with Gasteiger partial charge in [0.25, 0.3) is 0 Å². The summed E-state index contributed by atoms with van der Waals surface area (Å²) in [6.45, 7) is 6.01. The van der Waals surface area contributed by atoms with Crippen molar-refractivity contribution >= 4 is 29.8 Å². The van der Waals surface area contributed by atoms with Crippen LogP contribution in [0.25, 0.3) is 0 Å². The van der Waals surface area contributed by atoms with Crippen LogP contribution in [-0.4, -0.2) is 71.1 Å². The van der Waals surface area contributed by atoms with E-state index in [9.17, 15) is 19.2 Å². The molecular formula is C22H31N5O4. The van der Waals surface area contributed by atoms with Crippen molar-refractivity contribution in [2.75, 3.05) is 25.5 Å². The molecule has 2 N–H and O–H groups in total. The summed E-state index contributed by atoms with van der Waals surface area (Å²) in [5, 5.41) is 5.20. The number of nitrogens with one attached hydrogen (secondary N) is 2. The van der Waals surface area contributed by atoms with Crippen LogP contribution in [0.1, 0.15) is 33.6 Å². The lowest BCUT2D eigenvalue weighted by molar-refractivity contribution is -0.133. The molecule has 0 aliphatic carbocycles. The molecule has 168 valence electrons. The molecule has 31 heavy (non-hydrogen) atoms. The zero-order valence-corrected chi connectivity index (χ0v) is 18.5. The lowest BCUT2D eigenvalue weighted by Gasteiger charge is -2.30. The van der Waals surface area contributed by atoms with Gasteiger partial charge in [-0.2, -0.15) is 0 Å². The fourth-order valence-electron chi connectivity index (χ4n) is 3.67. The average molecular weight is 430 g/mol. The summed E-state index contributed by atoms with van der Waals surface area (Å²) in [6, 6.07) is 2.53. The topological polar surface area (TPSA) is 112 Å². The van der Waals surface area contributed by atoms with Crippen LogP contribution in [0.15, 0.2) is 36.2 Å². The van der Waals surface area contributed by atoms with E-state index >= 15 is 0 Å². The van der Waals surface area contributed by atoms with Crippen LogP contribution in [0, 0.1) is 5.92 Å². The second-order valence-electron chi connectivity index (χ2n) is 7.97. The van der Waals surface area contributed by atoms with Gasteiger partial charge in [-0.25, -0.2) is 0 Å². The summed E-state index contributed by atoms with van der Waals surface area (Å²) in [5.74, 6) is -0.641. The van der Waals surface area contributed by atoms with Gasteiger partial charge >= 0.3 is 0 Å². The van der Waals surface area contributed by atoms with Crippen molar-refractivity contribution < 1.29 is 19.2 Å². The first-order chi connectivity index (χ1) is 14.8. The van der Waals surface area contributed by atoms with Crippen LogP contribution < -0.4 is 10.6 Å². The van der Waals surface area contributed by atoms with E-state index in [1.165, 1.54) is 4.90 Å². The molecule has 2 rings (SSSR count). The van der Waals surface area contributed by atoms with Crippen molar-refractivity contribution in [3.05, 3.63) is 36.2 Å². The summed E-state index contributed by atoms with van der Waals surface area (Å²) < 4.78 is 0. The summed E-state index contributed by atoms with van der Waals surface area (Å²) in [4.78, 5) is 55.7. The van der Waals surface area contributed by atoms with Gasteiger partial charge in [0.05, 0.1) is 12.6 Å². The van der Waals surface area contributed by atoms with E-state index in [-0.39, 0.29) is 36.2 Å². The second kappa shape index (κ2) is 11.2. The molecule has 0 bridgehead atoms. The monoisotopic (exact) mass is 429 g/mol. The molecule has 1 aromatic rings. The average Bonchev–Trinajstić information content (AvgIpc) is 3.25. The van der Waals surface area contributed by atoms with Gasteiger partial charge in [0.1, 0.15) is 6.04 Å². The van der Waals surface area contributed by atoms with E-state index in [1.54, 1.807) is 49.5 Å². The SMILES string of the molecule is CC(=C[C@H](C(C)C)N(C)C(=O)CNC=O)C(=O)N1CCC[C@H]1C(=O)Nc1ccncc1. The van der Waals surface area contributed by atoms with Crippen molar-refractivity contribution in [2.45, 2.75) is 45.7 Å². The maximum Gasteiger partial charge on any atom is 0.249 e. The Balaban J connectivity index is 2.12. The first kappa shape index (κ1) is 24.0. The number of rotatable bonds is 9. The van der Waals surface area contributed by atoms with Crippen molar-refractivity contribution in [1.29, 1.82) is 0 Å². The Morgan fingerprint density at radius 2 is 1.97 bits per heavy atom. The molecule has 1 aliphatic heterocycles. The third kappa shape index (κ3) is 6.37. The number of carbonyl (C=O) groups excluding carboxylic acids is 4. The van der Waals surface area contributed by atoms with Gasteiger partial charge < -0.3 is 20.4 Å².